The standard InChI is InChI=1S/C17H16N4O2S/c1-12(16(22)20-21-11-18-19-17(21)24)23-15-9-7-14(8-10-15)13-5-3-2-4-6-13/h2-12H,1H3,(H,19,24)(H,20,22)/t12-/m1/s1. The van der Waals surface area contributed by atoms with Crippen molar-refractivity contribution >= 4 is 18.1 Å². The maximum Gasteiger partial charge on any atom is 0.279 e. The lowest BCUT2D eigenvalue weighted by Gasteiger charge is -2.15. The molecule has 0 bridgehead atoms. The number of benzene rings is 2. The molecule has 0 aliphatic heterocycles. The summed E-state index contributed by atoms with van der Waals surface area (Å²) in [5, 5.41) is 6.29. The summed E-state index contributed by atoms with van der Waals surface area (Å²) in [4.78, 5) is 12.1. The molecule has 0 saturated carbocycles. The molecule has 0 saturated heterocycles. The number of H-pyrrole nitrogens is 1. The van der Waals surface area contributed by atoms with E-state index in [1.54, 1.807) is 6.92 Å². The number of nitrogens with zero attached hydrogens (tertiary/aromatic N) is 2. The van der Waals surface area contributed by atoms with Gasteiger partial charge in [0.25, 0.3) is 5.91 Å². The summed E-state index contributed by atoms with van der Waals surface area (Å²) in [6.45, 7) is 1.67. The van der Waals surface area contributed by atoms with Gasteiger partial charge >= 0.3 is 0 Å². The van der Waals surface area contributed by atoms with Crippen LogP contribution in [0.3, 0.4) is 0 Å². The Bertz CT molecular complexity index is 871. The molecule has 0 radical (unpaired) electrons. The molecule has 2 aromatic carbocycles. The minimum atomic E-state index is -0.677. The largest absolute Gasteiger partial charge is 0.481 e. The second-order valence-electron chi connectivity index (χ2n) is 5.16. The van der Waals surface area contributed by atoms with Crippen LogP contribution in [0.1, 0.15) is 6.92 Å². The molecule has 0 spiro atoms. The number of amides is 1. The van der Waals surface area contributed by atoms with Crippen LogP contribution >= 0.6 is 12.2 Å². The van der Waals surface area contributed by atoms with Crippen LogP contribution in [0.4, 0.5) is 0 Å². The highest BCUT2D eigenvalue weighted by molar-refractivity contribution is 7.71. The fourth-order valence-corrected chi connectivity index (χ4v) is 2.30. The van der Waals surface area contributed by atoms with Crippen LogP contribution in [-0.2, 0) is 4.79 Å². The molecular formula is C17H16N4O2S. The van der Waals surface area contributed by atoms with Crippen molar-refractivity contribution in [3.05, 3.63) is 65.7 Å². The second kappa shape index (κ2) is 7.10. The molecule has 2 N–H and O–H groups in total. The van der Waals surface area contributed by atoms with Gasteiger partial charge in [-0.3, -0.25) is 15.3 Å². The highest BCUT2D eigenvalue weighted by atomic mass is 32.1. The van der Waals surface area contributed by atoms with Gasteiger partial charge in [0.2, 0.25) is 4.77 Å². The van der Waals surface area contributed by atoms with E-state index in [4.69, 9.17) is 17.0 Å². The van der Waals surface area contributed by atoms with Crippen molar-refractivity contribution in [2.75, 3.05) is 5.43 Å². The fraction of sp³-hybridized carbons (Fsp3) is 0.118. The van der Waals surface area contributed by atoms with E-state index in [1.165, 1.54) is 11.0 Å². The van der Waals surface area contributed by atoms with E-state index in [0.717, 1.165) is 11.1 Å². The molecule has 122 valence electrons. The summed E-state index contributed by atoms with van der Waals surface area (Å²) in [6, 6.07) is 17.7. The Labute approximate surface area is 144 Å². The zero-order valence-corrected chi connectivity index (χ0v) is 13.8. The number of hydrogen-bond donors (Lipinski definition) is 2. The highest BCUT2D eigenvalue weighted by Crippen LogP contribution is 2.22. The Morgan fingerprint density at radius 2 is 1.83 bits per heavy atom. The number of aromatic nitrogens is 3. The summed E-state index contributed by atoms with van der Waals surface area (Å²) in [6.07, 6.45) is 0.714. The number of aromatic amines is 1. The topological polar surface area (TPSA) is 71.9 Å². The van der Waals surface area contributed by atoms with Gasteiger partial charge < -0.3 is 4.74 Å². The summed E-state index contributed by atoms with van der Waals surface area (Å²) in [5.41, 5.74) is 4.82. The van der Waals surface area contributed by atoms with Gasteiger partial charge in [-0.15, -0.1) is 0 Å². The first-order valence-corrected chi connectivity index (χ1v) is 7.79. The minimum Gasteiger partial charge on any atom is -0.481 e. The maximum absolute atomic E-state index is 12.1. The molecule has 0 unspecified atom stereocenters. The van der Waals surface area contributed by atoms with E-state index >= 15 is 0 Å². The number of hydrogen-bond acceptors (Lipinski definition) is 4. The number of rotatable bonds is 5. The van der Waals surface area contributed by atoms with E-state index in [-0.39, 0.29) is 5.91 Å². The first-order chi connectivity index (χ1) is 11.6. The predicted octanol–water partition coefficient (Wildman–Crippen LogP) is 3.15. The Morgan fingerprint density at radius 1 is 1.17 bits per heavy atom. The smallest absolute Gasteiger partial charge is 0.279 e. The molecular weight excluding hydrogens is 324 g/mol. The van der Waals surface area contributed by atoms with Crippen LogP contribution in [0, 0.1) is 4.77 Å². The van der Waals surface area contributed by atoms with Crippen molar-refractivity contribution in [1.29, 1.82) is 0 Å². The van der Waals surface area contributed by atoms with Crippen molar-refractivity contribution < 1.29 is 9.53 Å². The van der Waals surface area contributed by atoms with E-state index in [2.05, 4.69) is 15.6 Å². The highest BCUT2D eigenvalue weighted by Gasteiger charge is 2.15. The number of carbonyl (C=O) groups is 1. The van der Waals surface area contributed by atoms with Gasteiger partial charge in [0, 0.05) is 0 Å². The third kappa shape index (κ3) is 3.69. The van der Waals surface area contributed by atoms with E-state index in [0.29, 0.717) is 10.5 Å². The average Bonchev–Trinajstić information content (AvgIpc) is 3.01. The molecule has 7 heteroatoms. The van der Waals surface area contributed by atoms with E-state index < -0.39 is 6.10 Å². The van der Waals surface area contributed by atoms with Crippen molar-refractivity contribution in [2.24, 2.45) is 0 Å². The Hall–Kier alpha value is -2.93. The summed E-state index contributed by atoms with van der Waals surface area (Å²) in [5.74, 6) is 0.299. The predicted molar refractivity (Wildman–Crippen MR) is 93.7 cm³/mol. The lowest BCUT2D eigenvalue weighted by Crippen LogP contribution is -2.34. The minimum absolute atomic E-state index is 0.308. The average molecular weight is 340 g/mol. The third-order valence-corrected chi connectivity index (χ3v) is 3.71. The Morgan fingerprint density at radius 3 is 2.46 bits per heavy atom. The number of ether oxygens (including phenoxy) is 1. The van der Waals surface area contributed by atoms with Gasteiger partial charge in [0.05, 0.1) is 0 Å². The first kappa shape index (κ1) is 15.9. The number of nitrogens with one attached hydrogen (secondary N) is 2. The molecule has 3 aromatic rings. The molecule has 3 rings (SSSR count). The Balaban J connectivity index is 1.64. The van der Waals surface area contributed by atoms with Gasteiger partial charge in [-0.1, -0.05) is 42.5 Å². The molecule has 24 heavy (non-hydrogen) atoms. The summed E-state index contributed by atoms with van der Waals surface area (Å²) < 4.78 is 7.30. The van der Waals surface area contributed by atoms with Gasteiger partial charge in [-0.25, -0.2) is 4.68 Å². The maximum atomic E-state index is 12.1. The molecule has 1 amide bonds. The quantitative estimate of drug-likeness (QED) is 0.700. The third-order valence-electron chi connectivity index (χ3n) is 3.43. The van der Waals surface area contributed by atoms with E-state index in [9.17, 15) is 4.79 Å². The zero-order valence-electron chi connectivity index (χ0n) is 13.0. The van der Waals surface area contributed by atoms with Crippen molar-refractivity contribution in [1.82, 2.24) is 14.9 Å². The van der Waals surface area contributed by atoms with Crippen molar-refractivity contribution in [3.63, 3.8) is 0 Å². The van der Waals surface area contributed by atoms with Crippen LogP contribution in [0.5, 0.6) is 5.75 Å². The van der Waals surface area contributed by atoms with Crippen LogP contribution in [0.25, 0.3) is 11.1 Å². The number of carbonyl (C=O) groups excluding carboxylic acids is 1. The van der Waals surface area contributed by atoms with Gasteiger partial charge in [0.1, 0.15) is 12.1 Å². The van der Waals surface area contributed by atoms with Crippen LogP contribution in [-0.4, -0.2) is 26.9 Å². The van der Waals surface area contributed by atoms with Crippen molar-refractivity contribution in [3.8, 4) is 16.9 Å². The Kier molecular flexibility index (Phi) is 4.72. The lowest BCUT2D eigenvalue weighted by molar-refractivity contribution is -0.123. The van der Waals surface area contributed by atoms with E-state index in [1.807, 2.05) is 54.6 Å². The molecule has 1 heterocycles. The summed E-state index contributed by atoms with van der Waals surface area (Å²) >= 11 is 4.97. The lowest BCUT2D eigenvalue weighted by atomic mass is 10.1. The van der Waals surface area contributed by atoms with Crippen LogP contribution in [0.15, 0.2) is 60.9 Å². The van der Waals surface area contributed by atoms with Gasteiger partial charge in [-0.2, -0.15) is 5.10 Å². The monoisotopic (exact) mass is 340 g/mol. The molecule has 1 atom stereocenters. The molecule has 6 nitrogen and oxygen atoms in total. The molecule has 0 fully saturated rings. The zero-order chi connectivity index (χ0) is 16.9. The first-order valence-electron chi connectivity index (χ1n) is 7.38. The normalized spacial score (nSPS) is 11.7. The van der Waals surface area contributed by atoms with Crippen molar-refractivity contribution in [2.45, 2.75) is 13.0 Å². The fourth-order valence-electron chi connectivity index (χ4n) is 2.15. The summed E-state index contributed by atoms with van der Waals surface area (Å²) in [7, 11) is 0. The van der Waals surface area contributed by atoms with Crippen LogP contribution in [0.2, 0.25) is 0 Å². The second-order valence-corrected chi connectivity index (χ2v) is 5.54. The molecule has 0 aliphatic carbocycles. The van der Waals surface area contributed by atoms with Crippen LogP contribution < -0.4 is 10.2 Å². The molecule has 0 aliphatic rings. The van der Waals surface area contributed by atoms with Gasteiger partial charge in [-0.05, 0) is 42.4 Å². The van der Waals surface area contributed by atoms with Gasteiger partial charge in [0.15, 0.2) is 6.10 Å². The molecule has 1 aromatic heterocycles. The SMILES string of the molecule is C[C@@H](Oc1ccc(-c2ccccc2)cc1)C(=O)Nn1cn[nH]c1=S.